The maximum Gasteiger partial charge on any atom is 0.166 e. The Balaban J connectivity index is 2.72. The normalized spacial score (nSPS) is 36.1. The number of hydrogen-bond donors (Lipinski definition) is 3. The average molecular weight is 261 g/mol. The van der Waals surface area contributed by atoms with Crippen LogP contribution in [0.2, 0.25) is 0 Å². The summed E-state index contributed by atoms with van der Waals surface area (Å²) in [7, 11) is 0. The Hall–Kier alpha value is -0.890. The number of unbranched alkanes of at least 4 members (excludes halogenated alkanes) is 1. The molecule has 5 atom stereocenters. The summed E-state index contributed by atoms with van der Waals surface area (Å²) in [5.74, 6) is 0. The van der Waals surface area contributed by atoms with Crippen LogP contribution in [0.1, 0.15) is 19.8 Å². The second kappa shape index (κ2) is 7.52. The fraction of sp³-hybridized carbons (Fsp3) is 1.00. The van der Waals surface area contributed by atoms with E-state index in [0.29, 0.717) is 6.61 Å². The molecule has 8 nitrogen and oxygen atoms in total. The van der Waals surface area contributed by atoms with Crippen LogP contribution < -0.4 is 0 Å². The molecule has 18 heavy (non-hydrogen) atoms. The van der Waals surface area contributed by atoms with Crippen LogP contribution in [0.4, 0.5) is 0 Å². The van der Waals surface area contributed by atoms with Gasteiger partial charge in [0.15, 0.2) is 6.29 Å². The van der Waals surface area contributed by atoms with Crippen LogP contribution in [-0.2, 0) is 9.47 Å². The highest BCUT2D eigenvalue weighted by molar-refractivity contribution is 4.93. The Kier molecular flexibility index (Phi) is 6.34. The molecular formula is C10H19N3O5. The highest BCUT2D eigenvalue weighted by Gasteiger charge is 2.44. The van der Waals surface area contributed by atoms with E-state index in [1.807, 2.05) is 6.92 Å². The molecule has 1 aliphatic heterocycles. The van der Waals surface area contributed by atoms with Gasteiger partial charge in [0.05, 0.1) is 12.7 Å². The van der Waals surface area contributed by atoms with Gasteiger partial charge in [-0.3, -0.25) is 0 Å². The van der Waals surface area contributed by atoms with Gasteiger partial charge in [-0.2, -0.15) is 0 Å². The van der Waals surface area contributed by atoms with Crippen molar-refractivity contribution in [1.29, 1.82) is 0 Å². The van der Waals surface area contributed by atoms with E-state index in [1.165, 1.54) is 0 Å². The number of ether oxygens (including phenoxy) is 2. The van der Waals surface area contributed by atoms with Gasteiger partial charge in [0, 0.05) is 11.5 Å². The first-order valence-electron chi connectivity index (χ1n) is 5.94. The lowest BCUT2D eigenvalue weighted by Crippen LogP contribution is -2.58. The Labute approximate surface area is 105 Å². The molecular weight excluding hydrogens is 242 g/mol. The summed E-state index contributed by atoms with van der Waals surface area (Å²) >= 11 is 0. The molecule has 104 valence electrons. The van der Waals surface area contributed by atoms with E-state index < -0.39 is 37.3 Å². The molecule has 0 aromatic heterocycles. The van der Waals surface area contributed by atoms with E-state index in [0.717, 1.165) is 12.8 Å². The van der Waals surface area contributed by atoms with Gasteiger partial charge in [0.25, 0.3) is 0 Å². The maximum absolute atomic E-state index is 9.99. The first kappa shape index (κ1) is 15.2. The maximum atomic E-state index is 9.99. The first-order valence-corrected chi connectivity index (χ1v) is 5.94. The molecule has 0 amide bonds. The fourth-order valence-corrected chi connectivity index (χ4v) is 1.82. The van der Waals surface area contributed by atoms with E-state index in [4.69, 9.17) is 20.1 Å². The first-order chi connectivity index (χ1) is 8.65. The van der Waals surface area contributed by atoms with Crippen molar-refractivity contribution < 1.29 is 24.8 Å². The van der Waals surface area contributed by atoms with Crippen LogP contribution in [0.15, 0.2) is 5.11 Å². The summed E-state index contributed by atoms with van der Waals surface area (Å²) < 4.78 is 10.5. The van der Waals surface area contributed by atoms with Gasteiger partial charge in [0.1, 0.15) is 18.2 Å². The predicted octanol–water partition coefficient (Wildman–Crippen LogP) is -0.0790. The molecule has 1 aliphatic rings. The molecule has 1 fully saturated rings. The van der Waals surface area contributed by atoms with Crippen LogP contribution in [0.3, 0.4) is 0 Å². The van der Waals surface area contributed by atoms with Crippen LogP contribution in [0, 0.1) is 0 Å². The van der Waals surface area contributed by atoms with Crippen molar-refractivity contribution in [3.63, 3.8) is 0 Å². The molecule has 1 heterocycles. The van der Waals surface area contributed by atoms with Crippen LogP contribution in [0.5, 0.6) is 0 Å². The van der Waals surface area contributed by atoms with Crippen LogP contribution >= 0.6 is 0 Å². The quantitative estimate of drug-likeness (QED) is 0.266. The minimum Gasteiger partial charge on any atom is -0.394 e. The Morgan fingerprint density at radius 3 is 2.72 bits per heavy atom. The molecule has 2 unspecified atom stereocenters. The van der Waals surface area contributed by atoms with Crippen molar-refractivity contribution in [2.45, 2.75) is 50.4 Å². The predicted molar refractivity (Wildman–Crippen MR) is 61.6 cm³/mol. The Bertz CT molecular complexity index is 297. The lowest BCUT2D eigenvalue weighted by atomic mass is 9.97. The van der Waals surface area contributed by atoms with Gasteiger partial charge in [-0.1, -0.05) is 18.5 Å². The van der Waals surface area contributed by atoms with E-state index >= 15 is 0 Å². The van der Waals surface area contributed by atoms with E-state index in [1.54, 1.807) is 0 Å². The number of aliphatic hydroxyl groups is 3. The average Bonchev–Trinajstić information content (AvgIpc) is 2.36. The lowest BCUT2D eigenvalue weighted by Gasteiger charge is -2.40. The summed E-state index contributed by atoms with van der Waals surface area (Å²) in [5, 5.41) is 32.0. The summed E-state index contributed by atoms with van der Waals surface area (Å²) in [6.07, 6.45) is -2.58. The van der Waals surface area contributed by atoms with Crippen molar-refractivity contribution in [3.05, 3.63) is 10.4 Å². The third-order valence-corrected chi connectivity index (χ3v) is 2.83. The summed E-state index contributed by atoms with van der Waals surface area (Å²) in [5.41, 5.74) is 8.37. The van der Waals surface area contributed by atoms with Gasteiger partial charge < -0.3 is 24.8 Å². The van der Waals surface area contributed by atoms with Crippen molar-refractivity contribution in [1.82, 2.24) is 0 Å². The second-order valence-corrected chi connectivity index (χ2v) is 4.12. The monoisotopic (exact) mass is 261 g/mol. The molecule has 3 N–H and O–H groups in total. The number of aliphatic hydroxyl groups excluding tert-OH is 3. The largest absolute Gasteiger partial charge is 0.394 e. The van der Waals surface area contributed by atoms with E-state index in [9.17, 15) is 10.2 Å². The number of hydrogen-bond acceptors (Lipinski definition) is 6. The molecule has 1 rings (SSSR count). The fourth-order valence-electron chi connectivity index (χ4n) is 1.82. The molecule has 0 saturated carbocycles. The van der Waals surface area contributed by atoms with Crippen LogP contribution in [0.25, 0.3) is 10.4 Å². The highest BCUT2D eigenvalue weighted by Crippen LogP contribution is 2.24. The SMILES string of the molecule is CCCCO[C@H]1C(CO)O[C@H](O)C(N=[N+]=[N-])[C@H]1O. The van der Waals surface area contributed by atoms with Gasteiger partial charge in [0.2, 0.25) is 0 Å². The second-order valence-electron chi connectivity index (χ2n) is 4.12. The number of azide groups is 1. The highest BCUT2D eigenvalue weighted by atomic mass is 16.6. The molecule has 8 heteroatoms. The van der Waals surface area contributed by atoms with Crippen molar-refractivity contribution in [3.8, 4) is 0 Å². The van der Waals surface area contributed by atoms with Gasteiger partial charge in [-0.25, -0.2) is 0 Å². The molecule has 0 spiro atoms. The topological polar surface area (TPSA) is 128 Å². The lowest BCUT2D eigenvalue weighted by molar-refractivity contribution is -0.258. The zero-order chi connectivity index (χ0) is 13.5. The van der Waals surface area contributed by atoms with Gasteiger partial charge in [-0.15, -0.1) is 0 Å². The summed E-state index contributed by atoms with van der Waals surface area (Å²) in [6, 6.07) is -1.13. The van der Waals surface area contributed by atoms with Crippen molar-refractivity contribution >= 4 is 0 Å². The zero-order valence-electron chi connectivity index (χ0n) is 10.2. The summed E-state index contributed by atoms with van der Waals surface area (Å²) in [6.45, 7) is 2.00. The zero-order valence-corrected chi connectivity index (χ0v) is 10.2. The summed E-state index contributed by atoms with van der Waals surface area (Å²) in [4.78, 5) is 2.55. The van der Waals surface area contributed by atoms with Crippen molar-refractivity contribution in [2.75, 3.05) is 13.2 Å². The molecule has 1 saturated heterocycles. The minimum absolute atomic E-state index is 0.395. The van der Waals surface area contributed by atoms with E-state index in [-0.39, 0.29) is 0 Å². The molecule has 0 aromatic carbocycles. The van der Waals surface area contributed by atoms with E-state index in [2.05, 4.69) is 10.0 Å². The Morgan fingerprint density at radius 2 is 2.17 bits per heavy atom. The van der Waals surface area contributed by atoms with Gasteiger partial charge in [-0.05, 0) is 12.0 Å². The molecule has 0 radical (unpaired) electrons. The minimum atomic E-state index is -1.45. The number of rotatable bonds is 6. The molecule has 0 bridgehead atoms. The standard InChI is InChI=1S/C10H19N3O5/c1-2-3-4-17-9-6(5-14)18-10(16)7(8(9)15)12-13-11/h6-10,14-16H,2-5H2,1H3/t6?,7?,8-,9+,10+/m1/s1. The van der Waals surface area contributed by atoms with Crippen LogP contribution in [-0.4, -0.2) is 59.2 Å². The van der Waals surface area contributed by atoms with Gasteiger partial charge >= 0.3 is 0 Å². The third kappa shape index (κ3) is 3.55. The third-order valence-electron chi connectivity index (χ3n) is 2.83. The molecule has 0 aromatic rings. The Morgan fingerprint density at radius 1 is 1.44 bits per heavy atom. The molecule has 0 aliphatic carbocycles. The van der Waals surface area contributed by atoms with Crippen molar-refractivity contribution in [2.24, 2.45) is 5.11 Å². The smallest absolute Gasteiger partial charge is 0.166 e. The number of nitrogens with zero attached hydrogens (tertiary/aromatic N) is 3.